The van der Waals surface area contributed by atoms with E-state index in [-0.39, 0.29) is 17.4 Å². The molecule has 6 nitrogen and oxygen atoms in total. The van der Waals surface area contributed by atoms with Crippen molar-refractivity contribution in [1.29, 1.82) is 0 Å². The summed E-state index contributed by atoms with van der Waals surface area (Å²) in [6.07, 6.45) is 1.40. The first-order valence-electron chi connectivity index (χ1n) is 7.94. The summed E-state index contributed by atoms with van der Waals surface area (Å²) in [6.45, 7) is 0. The number of aromatic nitrogens is 1. The maximum atomic E-state index is 12.9. The summed E-state index contributed by atoms with van der Waals surface area (Å²) >= 11 is 0. The third-order valence-electron chi connectivity index (χ3n) is 3.58. The molecule has 0 radical (unpaired) electrons. The Bertz CT molecular complexity index is 956. The van der Waals surface area contributed by atoms with E-state index in [9.17, 15) is 14.0 Å². The molecule has 7 heteroatoms. The molecular formula is C20H15FN2O4. The number of hydrogen-bond acceptors (Lipinski definition) is 5. The maximum absolute atomic E-state index is 12.9. The van der Waals surface area contributed by atoms with Crippen LogP contribution in [0.4, 0.5) is 10.1 Å². The molecule has 27 heavy (non-hydrogen) atoms. The SMILES string of the molecule is COC(=O)c1cc(NC(=O)c2ccc(Oc3ccc(F)cc3)cc2)ccn1. The topological polar surface area (TPSA) is 77.5 Å². The minimum atomic E-state index is -0.589. The Morgan fingerprint density at radius 3 is 2.22 bits per heavy atom. The highest BCUT2D eigenvalue weighted by atomic mass is 19.1. The standard InChI is InChI=1S/C20H15FN2O4/c1-26-20(25)18-12-15(10-11-22-18)23-19(24)13-2-6-16(7-3-13)27-17-8-4-14(21)5-9-17/h2-12H,1H3,(H,22,23,24). The number of benzene rings is 2. The van der Waals surface area contributed by atoms with Crippen LogP contribution in [0.15, 0.2) is 66.9 Å². The van der Waals surface area contributed by atoms with E-state index in [2.05, 4.69) is 15.0 Å². The smallest absolute Gasteiger partial charge is 0.356 e. The molecule has 1 amide bonds. The summed E-state index contributed by atoms with van der Waals surface area (Å²) < 4.78 is 23.1. The number of rotatable bonds is 5. The number of esters is 1. The molecule has 1 N–H and O–H groups in total. The summed E-state index contributed by atoms with van der Waals surface area (Å²) in [4.78, 5) is 27.7. The zero-order valence-electron chi connectivity index (χ0n) is 14.3. The summed E-state index contributed by atoms with van der Waals surface area (Å²) in [7, 11) is 1.25. The van der Waals surface area contributed by atoms with Gasteiger partial charge in [-0.25, -0.2) is 14.2 Å². The Morgan fingerprint density at radius 2 is 1.59 bits per heavy atom. The lowest BCUT2D eigenvalue weighted by Crippen LogP contribution is -2.13. The highest BCUT2D eigenvalue weighted by Gasteiger charge is 2.11. The van der Waals surface area contributed by atoms with Crippen molar-refractivity contribution in [2.24, 2.45) is 0 Å². The number of pyridine rings is 1. The van der Waals surface area contributed by atoms with Crippen LogP contribution in [0.5, 0.6) is 11.5 Å². The number of ether oxygens (including phenoxy) is 2. The number of halogens is 1. The first-order valence-corrected chi connectivity index (χ1v) is 7.94. The third kappa shape index (κ3) is 4.66. The largest absolute Gasteiger partial charge is 0.464 e. The number of carbonyl (C=O) groups excluding carboxylic acids is 2. The lowest BCUT2D eigenvalue weighted by Gasteiger charge is -2.08. The maximum Gasteiger partial charge on any atom is 0.356 e. The van der Waals surface area contributed by atoms with E-state index in [0.29, 0.717) is 22.7 Å². The molecule has 3 aromatic rings. The molecule has 0 atom stereocenters. The molecule has 2 aromatic carbocycles. The van der Waals surface area contributed by atoms with Crippen LogP contribution in [0.1, 0.15) is 20.8 Å². The van der Waals surface area contributed by atoms with Crippen LogP contribution in [0.3, 0.4) is 0 Å². The van der Waals surface area contributed by atoms with Crippen molar-refractivity contribution in [2.75, 3.05) is 12.4 Å². The Labute approximate surface area is 154 Å². The molecule has 0 aliphatic heterocycles. The predicted molar refractivity (Wildman–Crippen MR) is 96.4 cm³/mol. The van der Waals surface area contributed by atoms with Gasteiger partial charge in [0.1, 0.15) is 23.0 Å². The quantitative estimate of drug-likeness (QED) is 0.689. The minimum Gasteiger partial charge on any atom is -0.464 e. The van der Waals surface area contributed by atoms with Crippen molar-refractivity contribution in [3.63, 3.8) is 0 Å². The van der Waals surface area contributed by atoms with E-state index >= 15 is 0 Å². The minimum absolute atomic E-state index is 0.0957. The molecular weight excluding hydrogens is 351 g/mol. The van der Waals surface area contributed by atoms with Gasteiger partial charge in [-0.1, -0.05) is 0 Å². The van der Waals surface area contributed by atoms with Gasteiger partial charge in [0.2, 0.25) is 0 Å². The lowest BCUT2D eigenvalue weighted by molar-refractivity contribution is 0.0594. The average molecular weight is 366 g/mol. The molecule has 1 aromatic heterocycles. The number of nitrogens with zero attached hydrogens (tertiary/aromatic N) is 1. The molecule has 0 unspecified atom stereocenters. The molecule has 136 valence electrons. The van der Waals surface area contributed by atoms with E-state index in [4.69, 9.17) is 4.74 Å². The van der Waals surface area contributed by atoms with Crippen molar-refractivity contribution in [1.82, 2.24) is 4.98 Å². The Balaban J connectivity index is 1.67. The van der Waals surface area contributed by atoms with Crippen LogP contribution < -0.4 is 10.1 Å². The molecule has 0 aliphatic rings. The number of anilines is 1. The van der Waals surface area contributed by atoms with E-state index in [1.165, 1.54) is 43.6 Å². The first-order chi connectivity index (χ1) is 13.0. The Hall–Kier alpha value is -3.74. The number of nitrogens with one attached hydrogen (secondary N) is 1. The second kappa shape index (κ2) is 8.09. The Kier molecular flexibility index (Phi) is 5.41. The number of carbonyl (C=O) groups is 2. The average Bonchev–Trinajstić information content (AvgIpc) is 2.70. The van der Waals surface area contributed by atoms with E-state index in [1.54, 1.807) is 30.3 Å². The van der Waals surface area contributed by atoms with Crippen molar-refractivity contribution >= 4 is 17.6 Å². The monoisotopic (exact) mass is 366 g/mol. The van der Waals surface area contributed by atoms with Crippen molar-refractivity contribution in [3.8, 4) is 11.5 Å². The lowest BCUT2D eigenvalue weighted by atomic mass is 10.2. The molecule has 0 fully saturated rings. The highest BCUT2D eigenvalue weighted by Crippen LogP contribution is 2.22. The van der Waals surface area contributed by atoms with Crippen molar-refractivity contribution in [3.05, 3.63) is 83.9 Å². The fourth-order valence-electron chi connectivity index (χ4n) is 2.24. The van der Waals surface area contributed by atoms with Gasteiger partial charge in [0.05, 0.1) is 7.11 Å². The first kappa shape index (κ1) is 18.1. The Morgan fingerprint density at radius 1 is 0.963 bits per heavy atom. The summed E-state index contributed by atoms with van der Waals surface area (Å²) in [5.74, 6) is -0.296. The molecule has 0 spiro atoms. The van der Waals surface area contributed by atoms with Gasteiger partial charge in [0.15, 0.2) is 0 Å². The van der Waals surface area contributed by atoms with Crippen LogP contribution >= 0.6 is 0 Å². The van der Waals surface area contributed by atoms with Gasteiger partial charge in [-0.15, -0.1) is 0 Å². The zero-order valence-corrected chi connectivity index (χ0v) is 14.3. The highest BCUT2D eigenvalue weighted by molar-refractivity contribution is 6.04. The molecule has 0 aliphatic carbocycles. The van der Waals surface area contributed by atoms with Gasteiger partial charge >= 0.3 is 5.97 Å². The molecule has 0 bridgehead atoms. The van der Waals surface area contributed by atoms with Crippen molar-refractivity contribution < 1.29 is 23.5 Å². The van der Waals surface area contributed by atoms with Gasteiger partial charge in [-0.3, -0.25) is 4.79 Å². The van der Waals surface area contributed by atoms with Gasteiger partial charge in [-0.2, -0.15) is 0 Å². The van der Waals surface area contributed by atoms with Crippen molar-refractivity contribution in [2.45, 2.75) is 0 Å². The summed E-state index contributed by atoms with van der Waals surface area (Å²) in [5.41, 5.74) is 0.915. The van der Waals surface area contributed by atoms with E-state index < -0.39 is 5.97 Å². The van der Waals surface area contributed by atoms with Crippen LogP contribution in [0.25, 0.3) is 0 Å². The number of methoxy groups -OCH3 is 1. The zero-order chi connectivity index (χ0) is 19.2. The fourth-order valence-corrected chi connectivity index (χ4v) is 2.24. The summed E-state index contributed by atoms with van der Waals surface area (Å²) in [6, 6.07) is 15.1. The molecule has 3 rings (SSSR count). The number of hydrogen-bond donors (Lipinski definition) is 1. The normalized spacial score (nSPS) is 10.1. The van der Waals surface area contributed by atoms with Crippen LogP contribution in [-0.4, -0.2) is 24.0 Å². The second-order valence-electron chi connectivity index (χ2n) is 5.46. The fraction of sp³-hybridized carbons (Fsp3) is 0.0500. The van der Waals surface area contributed by atoms with Gasteiger partial charge in [-0.05, 0) is 60.7 Å². The van der Waals surface area contributed by atoms with E-state index in [0.717, 1.165) is 0 Å². The van der Waals surface area contributed by atoms with E-state index in [1.807, 2.05) is 0 Å². The predicted octanol–water partition coefficient (Wildman–Crippen LogP) is 4.05. The van der Waals surface area contributed by atoms with Gasteiger partial charge in [0.25, 0.3) is 5.91 Å². The number of amides is 1. The van der Waals surface area contributed by atoms with Crippen LogP contribution in [0.2, 0.25) is 0 Å². The van der Waals surface area contributed by atoms with Gasteiger partial charge < -0.3 is 14.8 Å². The molecule has 1 heterocycles. The van der Waals surface area contributed by atoms with Gasteiger partial charge in [0, 0.05) is 17.4 Å². The third-order valence-corrected chi connectivity index (χ3v) is 3.58. The molecule has 0 saturated heterocycles. The van der Waals surface area contributed by atoms with Crippen LogP contribution in [-0.2, 0) is 4.74 Å². The van der Waals surface area contributed by atoms with Crippen LogP contribution in [0, 0.1) is 5.82 Å². The second-order valence-corrected chi connectivity index (χ2v) is 5.46. The summed E-state index contributed by atoms with van der Waals surface area (Å²) in [5, 5.41) is 2.68. The molecule has 0 saturated carbocycles.